The van der Waals surface area contributed by atoms with E-state index in [1.54, 1.807) is 31.5 Å². The van der Waals surface area contributed by atoms with Crippen molar-refractivity contribution in [3.8, 4) is 0 Å². The third-order valence-electron chi connectivity index (χ3n) is 2.57. The van der Waals surface area contributed by atoms with Crippen LogP contribution in [-0.4, -0.2) is 46.8 Å². The zero-order valence-corrected chi connectivity index (χ0v) is 11.7. The van der Waals surface area contributed by atoms with Crippen molar-refractivity contribution in [2.45, 2.75) is 25.5 Å². The summed E-state index contributed by atoms with van der Waals surface area (Å²) in [6, 6.07) is 1.89. The van der Waals surface area contributed by atoms with Gasteiger partial charge >= 0.3 is 12.0 Å². The number of rotatable bonds is 6. The van der Waals surface area contributed by atoms with Gasteiger partial charge in [0.25, 0.3) is 0 Å². The van der Waals surface area contributed by atoms with Crippen molar-refractivity contribution in [1.82, 2.24) is 10.2 Å². The first-order valence-electron chi connectivity index (χ1n) is 5.87. The van der Waals surface area contributed by atoms with Crippen LogP contribution < -0.4 is 5.32 Å². The highest BCUT2D eigenvalue weighted by atomic mass is 32.1. The molecule has 1 rings (SSSR count). The lowest BCUT2D eigenvalue weighted by atomic mass is 10.2. The molecule has 0 saturated carbocycles. The zero-order valence-electron chi connectivity index (χ0n) is 10.9. The molecule has 0 saturated heterocycles. The molecule has 0 aromatic carbocycles. The molecular formula is C12H18N2O4S. The molecule has 0 bridgehead atoms. The molecule has 1 heterocycles. The molecule has 2 atom stereocenters. The first-order valence-corrected chi connectivity index (χ1v) is 6.75. The van der Waals surface area contributed by atoms with Gasteiger partial charge in [0, 0.05) is 18.5 Å². The number of hydrogen-bond donors (Lipinski definition) is 3. The molecule has 106 valence electrons. The Bertz CT molecular complexity index is 419. The van der Waals surface area contributed by atoms with Gasteiger partial charge in [-0.3, -0.25) is 0 Å². The molecule has 0 aliphatic heterocycles. The van der Waals surface area contributed by atoms with Gasteiger partial charge in [0.05, 0.1) is 6.10 Å². The maximum atomic E-state index is 11.8. The average Bonchev–Trinajstić information content (AvgIpc) is 2.85. The van der Waals surface area contributed by atoms with Crippen LogP contribution in [0.3, 0.4) is 0 Å². The Hall–Kier alpha value is -1.60. The minimum absolute atomic E-state index is 0.361. The van der Waals surface area contributed by atoms with Crippen LogP contribution in [0.4, 0.5) is 4.79 Å². The molecule has 1 aromatic rings. The molecule has 0 radical (unpaired) electrons. The molecule has 2 unspecified atom stereocenters. The Balaban J connectivity index is 2.60. The van der Waals surface area contributed by atoms with Gasteiger partial charge in [0.15, 0.2) is 6.04 Å². The number of nitrogens with one attached hydrogen (secondary N) is 1. The fraction of sp³-hybridized carbons (Fsp3) is 0.500. The van der Waals surface area contributed by atoms with E-state index in [0.717, 1.165) is 0 Å². The second-order valence-electron chi connectivity index (χ2n) is 4.30. The standard InChI is InChI=1S/C12H18N2O4S/c1-8(15)5-6-14(2)12(18)13-10(11(16)17)9-4-3-7-19-9/h3-4,7-8,10,15H,5-6H2,1-2H3,(H,13,18)(H,16,17). The number of aliphatic hydroxyl groups excluding tert-OH is 1. The van der Waals surface area contributed by atoms with Crippen LogP contribution in [0.1, 0.15) is 24.3 Å². The van der Waals surface area contributed by atoms with Gasteiger partial charge in [-0.2, -0.15) is 0 Å². The van der Waals surface area contributed by atoms with Crippen molar-refractivity contribution in [3.05, 3.63) is 22.4 Å². The quantitative estimate of drug-likeness (QED) is 0.735. The van der Waals surface area contributed by atoms with E-state index in [2.05, 4.69) is 5.32 Å². The van der Waals surface area contributed by atoms with Gasteiger partial charge in [-0.25, -0.2) is 9.59 Å². The number of carbonyl (C=O) groups excluding carboxylic acids is 1. The smallest absolute Gasteiger partial charge is 0.331 e. The van der Waals surface area contributed by atoms with Gasteiger partial charge in [-0.05, 0) is 24.8 Å². The van der Waals surface area contributed by atoms with E-state index < -0.39 is 24.1 Å². The Morgan fingerprint density at radius 1 is 1.53 bits per heavy atom. The van der Waals surface area contributed by atoms with Crippen LogP contribution >= 0.6 is 11.3 Å². The van der Waals surface area contributed by atoms with Crippen molar-refractivity contribution < 1.29 is 19.8 Å². The van der Waals surface area contributed by atoms with E-state index in [1.807, 2.05) is 0 Å². The molecule has 3 N–H and O–H groups in total. The molecular weight excluding hydrogens is 268 g/mol. The minimum Gasteiger partial charge on any atom is -0.479 e. The molecule has 0 spiro atoms. The number of carboxylic acid groups (broad SMARTS) is 1. The molecule has 2 amide bonds. The summed E-state index contributed by atoms with van der Waals surface area (Å²) in [6.07, 6.45) is -0.0523. The number of carboxylic acids is 1. The van der Waals surface area contributed by atoms with E-state index in [9.17, 15) is 9.59 Å². The summed E-state index contributed by atoms with van der Waals surface area (Å²) in [5, 5.41) is 22.5. The molecule has 1 aromatic heterocycles. The molecule has 0 aliphatic carbocycles. The predicted octanol–water partition coefficient (Wildman–Crippen LogP) is 1.29. The van der Waals surface area contributed by atoms with Gasteiger partial charge in [0.2, 0.25) is 0 Å². The van der Waals surface area contributed by atoms with Crippen LogP contribution in [0.15, 0.2) is 17.5 Å². The van der Waals surface area contributed by atoms with Crippen molar-refractivity contribution in [2.24, 2.45) is 0 Å². The molecule has 6 nitrogen and oxygen atoms in total. The van der Waals surface area contributed by atoms with E-state index in [4.69, 9.17) is 10.2 Å². The summed E-state index contributed by atoms with van der Waals surface area (Å²) in [5.41, 5.74) is 0. The second-order valence-corrected chi connectivity index (χ2v) is 5.27. The molecule has 7 heteroatoms. The first-order chi connectivity index (χ1) is 8.91. The second kappa shape index (κ2) is 7.10. The van der Waals surface area contributed by atoms with E-state index in [0.29, 0.717) is 17.8 Å². The summed E-state index contributed by atoms with van der Waals surface area (Å²) in [5.74, 6) is -1.10. The van der Waals surface area contributed by atoms with E-state index in [-0.39, 0.29) is 0 Å². The number of nitrogens with zero attached hydrogens (tertiary/aromatic N) is 1. The fourth-order valence-electron chi connectivity index (χ4n) is 1.43. The van der Waals surface area contributed by atoms with Gasteiger partial charge in [-0.1, -0.05) is 6.07 Å². The third-order valence-corrected chi connectivity index (χ3v) is 3.51. The molecule has 0 aliphatic rings. The zero-order chi connectivity index (χ0) is 14.4. The normalized spacial score (nSPS) is 13.6. The first kappa shape index (κ1) is 15.5. The van der Waals surface area contributed by atoms with E-state index >= 15 is 0 Å². The fourth-order valence-corrected chi connectivity index (χ4v) is 2.19. The highest BCUT2D eigenvalue weighted by molar-refractivity contribution is 7.10. The maximum Gasteiger partial charge on any atom is 0.331 e. The number of amides is 2. The SMILES string of the molecule is CC(O)CCN(C)C(=O)NC(C(=O)O)c1cccs1. The average molecular weight is 286 g/mol. The Morgan fingerprint density at radius 2 is 2.21 bits per heavy atom. The lowest BCUT2D eigenvalue weighted by Gasteiger charge is -2.21. The number of urea groups is 1. The minimum atomic E-state index is -1.10. The number of aliphatic carboxylic acids is 1. The molecule has 19 heavy (non-hydrogen) atoms. The maximum absolute atomic E-state index is 11.8. The molecule has 0 fully saturated rings. The van der Waals surface area contributed by atoms with Crippen LogP contribution in [-0.2, 0) is 4.79 Å². The van der Waals surface area contributed by atoms with Crippen LogP contribution in [0.5, 0.6) is 0 Å². The van der Waals surface area contributed by atoms with Gasteiger partial charge < -0.3 is 20.4 Å². The largest absolute Gasteiger partial charge is 0.479 e. The van der Waals surface area contributed by atoms with Crippen molar-refractivity contribution in [2.75, 3.05) is 13.6 Å². The third kappa shape index (κ3) is 4.88. The Labute approximate surface area is 115 Å². The number of aliphatic hydroxyl groups is 1. The predicted molar refractivity (Wildman–Crippen MR) is 72.2 cm³/mol. The van der Waals surface area contributed by atoms with Crippen LogP contribution in [0.2, 0.25) is 0 Å². The Morgan fingerprint density at radius 3 is 2.68 bits per heavy atom. The van der Waals surface area contributed by atoms with Gasteiger partial charge in [0.1, 0.15) is 0 Å². The van der Waals surface area contributed by atoms with Crippen molar-refractivity contribution in [1.29, 1.82) is 0 Å². The van der Waals surface area contributed by atoms with Crippen molar-refractivity contribution >= 4 is 23.3 Å². The summed E-state index contributed by atoms with van der Waals surface area (Å²) in [7, 11) is 1.56. The summed E-state index contributed by atoms with van der Waals surface area (Å²) in [6.45, 7) is 2.00. The summed E-state index contributed by atoms with van der Waals surface area (Å²) < 4.78 is 0. The van der Waals surface area contributed by atoms with Crippen LogP contribution in [0.25, 0.3) is 0 Å². The van der Waals surface area contributed by atoms with Crippen molar-refractivity contribution in [3.63, 3.8) is 0 Å². The highest BCUT2D eigenvalue weighted by Gasteiger charge is 2.24. The van der Waals surface area contributed by atoms with E-state index in [1.165, 1.54) is 16.2 Å². The number of thiophene rings is 1. The number of hydrogen-bond acceptors (Lipinski definition) is 4. The highest BCUT2D eigenvalue weighted by Crippen LogP contribution is 2.19. The number of carbonyl (C=O) groups is 2. The summed E-state index contributed by atoms with van der Waals surface area (Å²) in [4.78, 5) is 24.9. The lowest BCUT2D eigenvalue weighted by molar-refractivity contribution is -0.139. The monoisotopic (exact) mass is 286 g/mol. The summed E-state index contributed by atoms with van der Waals surface area (Å²) >= 11 is 1.28. The lowest BCUT2D eigenvalue weighted by Crippen LogP contribution is -2.42. The Kier molecular flexibility index (Phi) is 5.78. The van der Waals surface area contributed by atoms with Gasteiger partial charge in [-0.15, -0.1) is 11.3 Å². The topological polar surface area (TPSA) is 89.9 Å². The van der Waals surface area contributed by atoms with Crippen LogP contribution in [0, 0.1) is 0 Å².